The Balaban J connectivity index is 3.50. The van der Waals surface area contributed by atoms with Crippen molar-refractivity contribution in [3.8, 4) is 0 Å². The van der Waals surface area contributed by atoms with Gasteiger partial charge in [0.2, 0.25) is 5.91 Å². The average molecular weight is 169 g/mol. The first-order valence-electron chi connectivity index (χ1n) is 3.94. The lowest BCUT2D eigenvalue weighted by Gasteiger charge is -2.01. The van der Waals surface area contributed by atoms with E-state index in [1.54, 1.807) is 20.2 Å². The molecular weight excluding hydrogens is 154 g/mol. The summed E-state index contributed by atoms with van der Waals surface area (Å²) in [5.74, 6) is -0.0202. The Morgan fingerprint density at radius 3 is 2.83 bits per heavy atom. The molecule has 0 saturated heterocycles. The molecule has 0 aliphatic carbocycles. The van der Waals surface area contributed by atoms with Crippen molar-refractivity contribution in [2.45, 2.75) is 19.8 Å². The van der Waals surface area contributed by atoms with Crippen LogP contribution in [0.15, 0.2) is 4.99 Å². The normalized spacial score (nSPS) is 10.2. The molecule has 0 aliphatic rings. The van der Waals surface area contributed by atoms with Gasteiger partial charge in [-0.05, 0) is 0 Å². The van der Waals surface area contributed by atoms with Gasteiger partial charge in [0.15, 0.2) is 0 Å². The standard InChI is InChI=1S/C8H15N3O/c1-3-8(12)11-6-7(9)4-5-10-2/h5,9H,3-4,6H2,1-2H3,(H,11,12). The Bertz CT molecular complexity index is 187. The molecule has 0 fully saturated rings. The number of hydrogen-bond donors (Lipinski definition) is 2. The zero-order chi connectivity index (χ0) is 9.40. The molecule has 1 amide bonds. The van der Waals surface area contributed by atoms with Crippen LogP contribution in [0.5, 0.6) is 0 Å². The molecule has 4 nitrogen and oxygen atoms in total. The lowest BCUT2D eigenvalue weighted by molar-refractivity contribution is -0.120. The second-order valence-electron chi connectivity index (χ2n) is 2.38. The Labute approximate surface area is 72.6 Å². The minimum Gasteiger partial charge on any atom is -0.351 e. The molecule has 0 rings (SSSR count). The molecule has 12 heavy (non-hydrogen) atoms. The van der Waals surface area contributed by atoms with E-state index in [1.165, 1.54) is 0 Å². The van der Waals surface area contributed by atoms with Gasteiger partial charge in [-0.1, -0.05) is 6.92 Å². The molecule has 0 aromatic carbocycles. The third-order valence-electron chi connectivity index (χ3n) is 1.34. The Morgan fingerprint density at radius 2 is 2.33 bits per heavy atom. The molecule has 0 atom stereocenters. The minimum absolute atomic E-state index is 0.0202. The molecule has 4 heteroatoms. The van der Waals surface area contributed by atoms with E-state index < -0.39 is 0 Å². The lowest BCUT2D eigenvalue weighted by Crippen LogP contribution is -2.28. The van der Waals surface area contributed by atoms with E-state index in [0.29, 0.717) is 25.1 Å². The Hall–Kier alpha value is -1.19. The van der Waals surface area contributed by atoms with Gasteiger partial charge in [0.05, 0.1) is 6.54 Å². The highest BCUT2D eigenvalue weighted by molar-refractivity contribution is 5.96. The molecule has 0 saturated carbocycles. The molecule has 0 radical (unpaired) electrons. The minimum atomic E-state index is -0.0202. The number of rotatable bonds is 5. The molecule has 0 aromatic rings. The van der Waals surface area contributed by atoms with E-state index in [0.717, 1.165) is 0 Å². The van der Waals surface area contributed by atoms with Crippen LogP contribution in [0.1, 0.15) is 19.8 Å². The van der Waals surface area contributed by atoms with Gasteiger partial charge in [-0.3, -0.25) is 4.79 Å². The highest BCUT2D eigenvalue weighted by Gasteiger charge is 1.97. The van der Waals surface area contributed by atoms with Crippen LogP contribution in [0.3, 0.4) is 0 Å². The predicted octanol–water partition coefficient (Wildman–Crippen LogP) is 0.623. The molecule has 0 unspecified atom stereocenters. The van der Waals surface area contributed by atoms with Crippen molar-refractivity contribution in [1.82, 2.24) is 5.32 Å². The maximum Gasteiger partial charge on any atom is 0.220 e. The van der Waals surface area contributed by atoms with Gasteiger partial charge in [0.25, 0.3) is 0 Å². The quantitative estimate of drug-likeness (QED) is 0.582. The molecule has 0 spiro atoms. The monoisotopic (exact) mass is 169 g/mol. The number of nitrogens with one attached hydrogen (secondary N) is 2. The van der Waals surface area contributed by atoms with Crippen molar-refractivity contribution in [2.24, 2.45) is 4.99 Å². The van der Waals surface area contributed by atoms with E-state index in [-0.39, 0.29) is 5.91 Å². The number of aliphatic imine (C=N–C) groups is 1. The Morgan fingerprint density at radius 1 is 1.67 bits per heavy atom. The SMILES string of the molecule is CCC(=O)NCC(=N)CC=NC. The summed E-state index contributed by atoms with van der Waals surface area (Å²) in [6, 6.07) is 0. The fourth-order valence-electron chi connectivity index (χ4n) is 0.604. The first-order valence-corrected chi connectivity index (χ1v) is 3.94. The van der Waals surface area contributed by atoms with E-state index >= 15 is 0 Å². The number of nitrogens with zero attached hydrogens (tertiary/aromatic N) is 1. The Kier molecular flexibility index (Phi) is 5.87. The summed E-state index contributed by atoms with van der Waals surface area (Å²) in [4.78, 5) is 14.5. The topological polar surface area (TPSA) is 65.3 Å². The lowest BCUT2D eigenvalue weighted by atomic mass is 10.3. The van der Waals surface area contributed by atoms with E-state index in [1.807, 2.05) is 0 Å². The average Bonchev–Trinajstić information content (AvgIpc) is 2.10. The van der Waals surface area contributed by atoms with Crippen LogP contribution >= 0.6 is 0 Å². The highest BCUT2D eigenvalue weighted by Crippen LogP contribution is 1.80. The summed E-state index contributed by atoms with van der Waals surface area (Å²) in [6.07, 6.45) is 2.63. The third-order valence-corrected chi connectivity index (χ3v) is 1.34. The fourth-order valence-corrected chi connectivity index (χ4v) is 0.604. The maximum atomic E-state index is 10.7. The summed E-state index contributed by atoms with van der Waals surface area (Å²) >= 11 is 0. The summed E-state index contributed by atoms with van der Waals surface area (Å²) < 4.78 is 0. The van der Waals surface area contributed by atoms with Crippen LogP contribution in [0.25, 0.3) is 0 Å². The number of amides is 1. The van der Waals surface area contributed by atoms with Crippen molar-refractivity contribution >= 4 is 17.8 Å². The zero-order valence-electron chi connectivity index (χ0n) is 7.55. The summed E-state index contributed by atoms with van der Waals surface area (Å²) in [7, 11) is 1.66. The van der Waals surface area contributed by atoms with Crippen molar-refractivity contribution in [2.75, 3.05) is 13.6 Å². The van der Waals surface area contributed by atoms with Gasteiger partial charge >= 0.3 is 0 Å². The smallest absolute Gasteiger partial charge is 0.220 e. The van der Waals surface area contributed by atoms with Crippen molar-refractivity contribution < 1.29 is 4.79 Å². The van der Waals surface area contributed by atoms with Crippen LogP contribution in [-0.2, 0) is 4.79 Å². The first kappa shape index (κ1) is 10.8. The van der Waals surface area contributed by atoms with Crippen LogP contribution in [0.2, 0.25) is 0 Å². The van der Waals surface area contributed by atoms with Gasteiger partial charge in [-0.2, -0.15) is 0 Å². The molecule has 0 heterocycles. The molecule has 0 bridgehead atoms. The molecule has 0 aliphatic heterocycles. The number of hydrogen-bond acceptors (Lipinski definition) is 3. The van der Waals surface area contributed by atoms with Gasteiger partial charge in [-0.25, -0.2) is 0 Å². The fraction of sp³-hybridized carbons (Fsp3) is 0.625. The second-order valence-corrected chi connectivity index (χ2v) is 2.38. The highest BCUT2D eigenvalue weighted by atomic mass is 16.1. The van der Waals surface area contributed by atoms with E-state index in [2.05, 4.69) is 10.3 Å². The largest absolute Gasteiger partial charge is 0.351 e. The molecule has 2 N–H and O–H groups in total. The summed E-state index contributed by atoms with van der Waals surface area (Å²) in [6.45, 7) is 2.12. The van der Waals surface area contributed by atoms with E-state index in [9.17, 15) is 4.79 Å². The summed E-state index contributed by atoms with van der Waals surface area (Å²) in [5.41, 5.74) is 0.474. The van der Waals surface area contributed by atoms with Crippen molar-refractivity contribution in [3.63, 3.8) is 0 Å². The van der Waals surface area contributed by atoms with Crippen LogP contribution in [0, 0.1) is 5.41 Å². The van der Waals surface area contributed by atoms with E-state index in [4.69, 9.17) is 5.41 Å². The van der Waals surface area contributed by atoms with Crippen molar-refractivity contribution in [3.05, 3.63) is 0 Å². The van der Waals surface area contributed by atoms with Crippen LogP contribution in [-0.4, -0.2) is 31.4 Å². The first-order chi connectivity index (χ1) is 5.70. The van der Waals surface area contributed by atoms with Crippen LogP contribution in [0.4, 0.5) is 0 Å². The molecule has 0 aromatic heterocycles. The van der Waals surface area contributed by atoms with Crippen LogP contribution < -0.4 is 5.32 Å². The zero-order valence-corrected chi connectivity index (χ0v) is 7.55. The second kappa shape index (κ2) is 6.52. The van der Waals surface area contributed by atoms with Gasteiger partial charge in [0.1, 0.15) is 0 Å². The number of carbonyl (C=O) groups is 1. The van der Waals surface area contributed by atoms with Gasteiger partial charge in [-0.15, -0.1) is 0 Å². The third kappa shape index (κ3) is 5.58. The van der Waals surface area contributed by atoms with Crippen molar-refractivity contribution in [1.29, 1.82) is 5.41 Å². The predicted molar refractivity (Wildman–Crippen MR) is 50.1 cm³/mol. The van der Waals surface area contributed by atoms with Gasteiger partial charge in [0, 0.05) is 31.8 Å². The number of carbonyl (C=O) groups excluding carboxylic acids is 1. The molecular formula is C8H15N3O. The van der Waals surface area contributed by atoms with Gasteiger partial charge < -0.3 is 15.7 Å². The summed E-state index contributed by atoms with van der Waals surface area (Å²) in [5, 5.41) is 9.97. The maximum absolute atomic E-state index is 10.7. The molecule has 68 valence electrons.